The van der Waals surface area contributed by atoms with Crippen molar-refractivity contribution in [2.24, 2.45) is 0 Å². The summed E-state index contributed by atoms with van der Waals surface area (Å²) in [5.74, 6) is -3.43. The largest absolute Gasteiger partial charge is 0.320 e. The Morgan fingerprint density at radius 2 is 1.60 bits per heavy atom. The van der Waals surface area contributed by atoms with Gasteiger partial charge in [-0.25, -0.2) is 4.98 Å². The summed E-state index contributed by atoms with van der Waals surface area (Å²) < 4.78 is 28.8. The monoisotopic (exact) mass is 272 g/mol. The Labute approximate surface area is 112 Å². The molecule has 3 nitrogen and oxygen atoms in total. The van der Waals surface area contributed by atoms with Crippen molar-refractivity contribution in [2.75, 3.05) is 0 Å². The lowest BCUT2D eigenvalue weighted by Crippen LogP contribution is -2.28. The molecule has 1 aromatic heterocycles. The summed E-state index contributed by atoms with van der Waals surface area (Å²) in [5, 5.41) is 0. The van der Waals surface area contributed by atoms with Crippen LogP contribution in [0.2, 0.25) is 0 Å². The van der Waals surface area contributed by atoms with Crippen molar-refractivity contribution in [3.05, 3.63) is 76.2 Å². The van der Waals surface area contributed by atoms with Crippen LogP contribution in [0.1, 0.15) is 11.3 Å². The molecule has 2 aromatic carbocycles. The van der Waals surface area contributed by atoms with E-state index in [1.807, 2.05) is 0 Å². The number of fused-ring (bicyclic) bond motifs is 1. The van der Waals surface area contributed by atoms with Crippen LogP contribution in [0.15, 0.2) is 59.4 Å². The van der Waals surface area contributed by atoms with Crippen molar-refractivity contribution in [1.29, 1.82) is 0 Å². The first-order valence-corrected chi connectivity index (χ1v) is 6.02. The molecule has 100 valence electrons. The summed E-state index contributed by atoms with van der Waals surface area (Å²) in [5.41, 5.74) is -1.16. The fourth-order valence-electron chi connectivity index (χ4n) is 2.03. The van der Waals surface area contributed by atoms with E-state index < -0.39 is 17.2 Å². The number of para-hydroxylation sites is 2. The van der Waals surface area contributed by atoms with Crippen LogP contribution in [-0.2, 0) is 5.92 Å². The van der Waals surface area contributed by atoms with E-state index in [-0.39, 0.29) is 5.56 Å². The first-order chi connectivity index (χ1) is 9.59. The summed E-state index contributed by atoms with van der Waals surface area (Å²) >= 11 is 0. The molecule has 0 bridgehead atoms. The number of benzene rings is 2. The van der Waals surface area contributed by atoms with Gasteiger partial charge >= 0.3 is 5.92 Å². The molecule has 0 aliphatic rings. The number of nitrogens with zero attached hydrogens (tertiary/aromatic N) is 1. The molecule has 0 radical (unpaired) electrons. The minimum atomic E-state index is -3.43. The third-order valence-corrected chi connectivity index (χ3v) is 3.03. The number of nitrogens with one attached hydrogen (secondary N) is 1. The van der Waals surface area contributed by atoms with Gasteiger partial charge in [-0.3, -0.25) is 4.79 Å². The molecule has 0 aliphatic heterocycles. The van der Waals surface area contributed by atoms with Crippen LogP contribution < -0.4 is 5.56 Å². The molecule has 0 fully saturated rings. The van der Waals surface area contributed by atoms with Gasteiger partial charge in [-0.2, -0.15) is 8.78 Å². The topological polar surface area (TPSA) is 45.8 Å². The van der Waals surface area contributed by atoms with E-state index in [9.17, 15) is 13.6 Å². The van der Waals surface area contributed by atoms with Crippen LogP contribution >= 0.6 is 0 Å². The Hall–Kier alpha value is -2.56. The first kappa shape index (κ1) is 12.5. The van der Waals surface area contributed by atoms with Crippen LogP contribution in [0.3, 0.4) is 0 Å². The third-order valence-electron chi connectivity index (χ3n) is 3.03. The summed E-state index contributed by atoms with van der Waals surface area (Å²) in [6.45, 7) is 0. The zero-order valence-electron chi connectivity index (χ0n) is 10.3. The van der Waals surface area contributed by atoms with Crippen LogP contribution in [0, 0.1) is 0 Å². The zero-order valence-corrected chi connectivity index (χ0v) is 10.3. The highest BCUT2D eigenvalue weighted by atomic mass is 19.3. The minimum absolute atomic E-state index is 0.256. The predicted molar refractivity (Wildman–Crippen MR) is 71.8 cm³/mol. The number of alkyl halides is 2. The normalized spacial score (nSPS) is 11.7. The van der Waals surface area contributed by atoms with E-state index in [1.165, 1.54) is 24.3 Å². The molecule has 3 aromatic rings. The Balaban J connectivity index is 2.24. The van der Waals surface area contributed by atoms with E-state index >= 15 is 0 Å². The van der Waals surface area contributed by atoms with E-state index in [4.69, 9.17) is 0 Å². The predicted octanol–water partition coefficient (Wildman–Crippen LogP) is 3.06. The minimum Gasteiger partial charge on any atom is -0.319 e. The average Bonchev–Trinajstić information content (AvgIpc) is 2.47. The van der Waals surface area contributed by atoms with Gasteiger partial charge in [-0.1, -0.05) is 42.5 Å². The fraction of sp³-hybridized carbons (Fsp3) is 0.0667. The summed E-state index contributed by atoms with van der Waals surface area (Å²) in [6, 6.07) is 13.8. The molecule has 20 heavy (non-hydrogen) atoms. The van der Waals surface area contributed by atoms with Crippen LogP contribution in [-0.4, -0.2) is 9.97 Å². The van der Waals surface area contributed by atoms with Crippen molar-refractivity contribution in [2.45, 2.75) is 5.92 Å². The molecule has 5 heteroatoms. The van der Waals surface area contributed by atoms with Gasteiger partial charge < -0.3 is 4.98 Å². The number of rotatable bonds is 2. The lowest BCUT2D eigenvalue weighted by molar-refractivity contribution is 0.0367. The van der Waals surface area contributed by atoms with E-state index in [2.05, 4.69) is 9.97 Å². The van der Waals surface area contributed by atoms with Crippen molar-refractivity contribution < 1.29 is 8.78 Å². The van der Waals surface area contributed by atoms with Gasteiger partial charge in [0.15, 0.2) is 5.69 Å². The second kappa shape index (κ2) is 4.52. The van der Waals surface area contributed by atoms with Gasteiger partial charge in [0, 0.05) is 5.56 Å². The molecule has 0 atom stereocenters. The number of H-pyrrole nitrogens is 1. The van der Waals surface area contributed by atoms with E-state index in [1.54, 1.807) is 30.3 Å². The average molecular weight is 272 g/mol. The van der Waals surface area contributed by atoms with Crippen LogP contribution in [0.4, 0.5) is 8.78 Å². The van der Waals surface area contributed by atoms with E-state index in [0.29, 0.717) is 11.0 Å². The molecule has 0 amide bonds. The summed E-state index contributed by atoms with van der Waals surface area (Å²) in [4.78, 5) is 18.1. The maximum absolute atomic E-state index is 14.4. The third kappa shape index (κ3) is 1.97. The molecule has 1 N–H and O–H groups in total. The molecular formula is C15H10F2N2O. The maximum atomic E-state index is 14.4. The van der Waals surface area contributed by atoms with Gasteiger partial charge in [-0.05, 0) is 12.1 Å². The summed E-state index contributed by atoms with van der Waals surface area (Å²) in [6.07, 6.45) is 0. The zero-order chi connectivity index (χ0) is 14.2. The molecule has 0 spiro atoms. The summed E-state index contributed by atoms with van der Waals surface area (Å²) in [7, 11) is 0. The van der Waals surface area contributed by atoms with Crippen molar-refractivity contribution in [1.82, 2.24) is 9.97 Å². The SMILES string of the molecule is O=c1[nH]c2ccccc2nc1C(F)(F)c1ccccc1. The molecule has 0 aliphatic carbocycles. The number of hydrogen-bond donors (Lipinski definition) is 1. The molecule has 0 saturated heterocycles. The fourth-order valence-corrected chi connectivity index (χ4v) is 2.03. The Morgan fingerprint density at radius 1 is 0.950 bits per heavy atom. The van der Waals surface area contributed by atoms with Gasteiger partial charge in [0.1, 0.15) is 0 Å². The van der Waals surface area contributed by atoms with E-state index in [0.717, 1.165) is 0 Å². The van der Waals surface area contributed by atoms with Gasteiger partial charge in [0.05, 0.1) is 11.0 Å². The molecular weight excluding hydrogens is 262 g/mol. The van der Waals surface area contributed by atoms with Crippen LogP contribution in [0.25, 0.3) is 11.0 Å². The number of halogens is 2. The van der Waals surface area contributed by atoms with Crippen LogP contribution in [0.5, 0.6) is 0 Å². The lowest BCUT2D eigenvalue weighted by atomic mass is 10.1. The maximum Gasteiger partial charge on any atom is 0.320 e. The van der Waals surface area contributed by atoms with Gasteiger partial charge in [-0.15, -0.1) is 0 Å². The molecule has 0 unspecified atom stereocenters. The highest BCUT2D eigenvalue weighted by Crippen LogP contribution is 2.32. The first-order valence-electron chi connectivity index (χ1n) is 6.02. The highest BCUT2D eigenvalue weighted by Gasteiger charge is 2.38. The second-order valence-corrected chi connectivity index (χ2v) is 4.37. The second-order valence-electron chi connectivity index (χ2n) is 4.37. The van der Waals surface area contributed by atoms with Gasteiger partial charge in [0.25, 0.3) is 5.56 Å². The van der Waals surface area contributed by atoms with Crippen molar-refractivity contribution in [3.63, 3.8) is 0 Å². The number of aromatic amines is 1. The Kier molecular flexibility index (Phi) is 2.82. The quantitative estimate of drug-likeness (QED) is 0.779. The van der Waals surface area contributed by atoms with Crippen molar-refractivity contribution in [3.8, 4) is 0 Å². The molecule has 0 saturated carbocycles. The number of hydrogen-bond acceptors (Lipinski definition) is 2. The molecule has 3 rings (SSSR count). The molecule has 1 heterocycles. The highest BCUT2D eigenvalue weighted by molar-refractivity contribution is 5.73. The van der Waals surface area contributed by atoms with Gasteiger partial charge in [0.2, 0.25) is 0 Å². The van der Waals surface area contributed by atoms with Crippen molar-refractivity contribution >= 4 is 11.0 Å². The Morgan fingerprint density at radius 3 is 2.35 bits per heavy atom. The standard InChI is InChI=1S/C15H10F2N2O/c16-15(17,10-6-2-1-3-7-10)13-14(20)19-12-9-5-4-8-11(12)18-13/h1-9H,(H,19,20). The smallest absolute Gasteiger partial charge is 0.319 e. The Bertz CT molecular complexity index is 813. The lowest BCUT2D eigenvalue weighted by Gasteiger charge is -2.15. The number of aromatic nitrogens is 2.